The Morgan fingerprint density at radius 3 is 2.67 bits per heavy atom. The highest BCUT2D eigenvalue weighted by molar-refractivity contribution is 5.94. The zero-order valence-electron chi connectivity index (χ0n) is 12.5. The number of piperidine rings is 1. The van der Waals surface area contributed by atoms with E-state index in [0.717, 1.165) is 25.3 Å². The lowest BCUT2D eigenvalue weighted by Gasteiger charge is -2.34. The summed E-state index contributed by atoms with van der Waals surface area (Å²) in [5.74, 6) is 1.20. The van der Waals surface area contributed by atoms with Crippen molar-refractivity contribution >= 4 is 11.7 Å². The van der Waals surface area contributed by atoms with Gasteiger partial charge >= 0.3 is 0 Å². The van der Waals surface area contributed by atoms with E-state index >= 15 is 0 Å². The number of anilines is 1. The first-order valence-electron chi connectivity index (χ1n) is 7.83. The molecule has 3 rings (SSSR count). The van der Waals surface area contributed by atoms with Crippen molar-refractivity contribution in [1.82, 2.24) is 9.88 Å². The largest absolute Gasteiger partial charge is 0.391 e. The average molecular weight is 289 g/mol. The van der Waals surface area contributed by atoms with Crippen LogP contribution >= 0.6 is 0 Å². The molecule has 2 saturated heterocycles. The predicted octanol–water partition coefficient (Wildman–Crippen LogP) is 1.52. The van der Waals surface area contributed by atoms with Gasteiger partial charge in [0.2, 0.25) is 0 Å². The van der Waals surface area contributed by atoms with E-state index in [1.165, 1.54) is 12.8 Å². The molecule has 0 saturated carbocycles. The number of hydrogen-bond donors (Lipinski definition) is 1. The van der Waals surface area contributed by atoms with Crippen molar-refractivity contribution in [2.45, 2.75) is 32.3 Å². The molecule has 2 fully saturated rings. The van der Waals surface area contributed by atoms with E-state index in [0.29, 0.717) is 18.7 Å². The fraction of sp³-hybridized carbons (Fsp3) is 0.625. The maximum atomic E-state index is 12.4. The van der Waals surface area contributed by atoms with Crippen molar-refractivity contribution in [3.8, 4) is 0 Å². The van der Waals surface area contributed by atoms with Crippen molar-refractivity contribution in [2.75, 3.05) is 31.1 Å². The third-order valence-electron chi connectivity index (χ3n) is 4.63. The molecule has 5 nitrogen and oxygen atoms in total. The van der Waals surface area contributed by atoms with E-state index in [2.05, 4.69) is 9.88 Å². The zero-order valence-corrected chi connectivity index (χ0v) is 12.5. The molecule has 1 N–H and O–H groups in total. The molecule has 1 aromatic rings. The number of carbonyl (C=O) groups is 1. The zero-order chi connectivity index (χ0) is 14.8. The molecule has 0 aromatic carbocycles. The Kier molecular flexibility index (Phi) is 4.10. The van der Waals surface area contributed by atoms with Crippen LogP contribution in [0.1, 0.15) is 36.5 Å². The van der Waals surface area contributed by atoms with Crippen LogP contribution in [0.3, 0.4) is 0 Å². The van der Waals surface area contributed by atoms with Crippen LogP contribution in [0, 0.1) is 5.92 Å². The van der Waals surface area contributed by atoms with Crippen LogP contribution in [0.2, 0.25) is 0 Å². The number of pyridine rings is 1. The highest BCUT2D eigenvalue weighted by Crippen LogP contribution is 2.21. The molecule has 2 atom stereocenters. The molecule has 1 aromatic heterocycles. The molecular formula is C16H23N3O2. The summed E-state index contributed by atoms with van der Waals surface area (Å²) in [7, 11) is 0. The molecule has 3 heterocycles. The smallest absolute Gasteiger partial charge is 0.255 e. The van der Waals surface area contributed by atoms with Crippen LogP contribution in [0.25, 0.3) is 0 Å². The highest BCUT2D eigenvalue weighted by Gasteiger charge is 2.28. The van der Waals surface area contributed by atoms with Gasteiger partial charge in [-0.3, -0.25) is 4.79 Å². The van der Waals surface area contributed by atoms with E-state index in [1.807, 2.05) is 19.1 Å². The van der Waals surface area contributed by atoms with Crippen molar-refractivity contribution < 1.29 is 9.90 Å². The van der Waals surface area contributed by atoms with Crippen LogP contribution in [-0.2, 0) is 0 Å². The van der Waals surface area contributed by atoms with Gasteiger partial charge in [-0.25, -0.2) is 4.98 Å². The molecule has 0 spiro atoms. The van der Waals surface area contributed by atoms with Gasteiger partial charge < -0.3 is 14.9 Å². The van der Waals surface area contributed by atoms with Gasteiger partial charge in [0.25, 0.3) is 5.91 Å². The van der Waals surface area contributed by atoms with E-state index in [-0.39, 0.29) is 11.8 Å². The quantitative estimate of drug-likeness (QED) is 0.897. The second-order valence-electron chi connectivity index (χ2n) is 6.18. The summed E-state index contributed by atoms with van der Waals surface area (Å²) in [5.41, 5.74) is 0.611. The topological polar surface area (TPSA) is 56.7 Å². The Labute approximate surface area is 125 Å². The first-order valence-corrected chi connectivity index (χ1v) is 7.83. The Balaban J connectivity index is 1.67. The SMILES string of the molecule is CC1CCN(C(=O)c2ccc(N3CCCC3)nc2)CC1O. The third-order valence-corrected chi connectivity index (χ3v) is 4.63. The lowest BCUT2D eigenvalue weighted by Crippen LogP contribution is -2.45. The Hall–Kier alpha value is -1.62. The minimum atomic E-state index is -0.417. The van der Waals surface area contributed by atoms with Crippen molar-refractivity contribution in [2.24, 2.45) is 5.92 Å². The minimum absolute atomic E-state index is 0.0265. The van der Waals surface area contributed by atoms with Gasteiger partial charge in [0.15, 0.2) is 0 Å². The standard InChI is InChI=1S/C16H23N3O2/c1-12-6-9-19(11-14(12)20)16(21)13-4-5-15(17-10-13)18-7-2-3-8-18/h4-5,10,12,14,20H,2-3,6-9,11H2,1H3. The second-order valence-corrected chi connectivity index (χ2v) is 6.18. The van der Waals surface area contributed by atoms with Gasteiger partial charge in [-0.1, -0.05) is 6.92 Å². The number of β-amino-alcohol motifs (C(OH)–C–C–N with tert-alkyl or cyclic N) is 1. The van der Waals surface area contributed by atoms with E-state index in [9.17, 15) is 9.90 Å². The molecule has 114 valence electrons. The highest BCUT2D eigenvalue weighted by atomic mass is 16.3. The number of aliphatic hydroxyl groups excluding tert-OH is 1. The lowest BCUT2D eigenvalue weighted by atomic mass is 9.95. The van der Waals surface area contributed by atoms with Crippen LogP contribution in [-0.4, -0.2) is 53.2 Å². The Bertz CT molecular complexity index is 497. The van der Waals surface area contributed by atoms with Crippen molar-refractivity contribution in [1.29, 1.82) is 0 Å². The van der Waals surface area contributed by atoms with Gasteiger partial charge in [0.05, 0.1) is 11.7 Å². The molecule has 0 bridgehead atoms. The molecule has 2 aliphatic rings. The predicted molar refractivity (Wildman–Crippen MR) is 81.4 cm³/mol. The maximum Gasteiger partial charge on any atom is 0.255 e. The summed E-state index contributed by atoms with van der Waals surface area (Å²) in [4.78, 5) is 20.9. The van der Waals surface area contributed by atoms with E-state index in [4.69, 9.17) is 0 Å². The van der Waals surface area contributed by atoms with Crippen LogP contribution in [0.4, 0.5) is 5.82 Å². The molecule has 2 aliphatic heterocycles. The second kappa shape index (κ2) is 6.02. The number of carbonyl (C=O) groups excluding carboxylic acids is 1. The molecular weight excluding hydrogens is 266 g/mol. The number of rotatable bonds is 2. The number of likely N-dealkylation sites (tertiary alicyclic amines) is 1. The minimum Gasteiger partial charge on any atom is -0.391 e. The lowest BCUT2D eigenvalue weighted by molar-refractivity contribution is 0.0248. The number of aromatic nitrogens is 1. The van der Waals surface area contributed by atoms with Crippen LogP contribution in [0.5, 0.6) is 0 Å². The van der Waals surface area contributed by atoms with Gasteiger partial charge in [0, 0.05) is 32.4 Å². The summed E-state index contributed by atoms with van der Waals surface area (Å²) in [6, 6.07) is 3.79. The molecule has 21 heavy (non-hydrogen) atoms. The number of aliphatic hydroxyl groups is 1. The third kappa shape index (κ3) is 3.02. The molecule has 1 amide bonds. The van der Waals surface area contributed by atoms with Crippen LogP contribution in [0.15, 0.2) is 18.3 Å². The summed E-state index contributed by atoms with van der Waals surface area (Å²) in [5, 5.41) is 9.92. The van der Waals surface area contributed by atoms with E-state index in [1.54, 1.807) is 11.1 Å². The van der Waals surface area contributed by atoms with Crippen LogP contribution < -0.4 is 4.90 Å². The van der Waals surface area contributed by atoms with Crippen molar-refractivity contribution in [3.05, 3.63) is 23.9 Å². The summed E-state index contributed by atoms with van der Waals surface area (Å²) < 4.78 is 0. The fourth-order valence-corrected chi connectivity index (χ4v) is 3.06. The fourth-order valence-electron chi connectivity index (χ4n) is 3.06. The number of hydrogen-bond acceptors (Lipinski definition) is 4. The summed E-state index contributed by atoms with van der Waals surface area (Å²) in [6.45, 7) is 5.27. The van der Waals surface area contributed by atoms with E-state index < -0.39 is 6.10 Å². The molecule has 2 unspecified atom stereocenters. The normalized spacial score (nSPS) is 26.2. The first-order chi connectivity index (χ1) is 10.1. The van der Waals surface area contributed by atoms with Gasteiger partial charge in [-0.05, 0) is 37.3 Å². The number of nitrogens with zero attached hydrogens (tertiary/aromatic N) is 3. The summed E-state index contributed by atoms with van der Waals surface area (Å²) in [6.07, 6.45) is 4.53. The molecule has 5 heteroatoms. The molecule has 0 radical (unpaired) electrons. The van der Waals surface area contributed by atoms with Gasteiger partial charge in [0.1, 0.15) is 5.82 Å². The van der Waals surface area contributed by atoms with Crippen molar-refractivity contribution in [3.63, 3.8) is 0 Å². The first kappa shape index (κ1) is 14.3. The maximum absolute atomic E-state index is 12.4. The Morgan fingerprint density at radius 2 is 2.05 bits per heavy atom. The van der Waals surface area contributed by atoms with Gasteiger partial charge in [-0.2, -0.15) is 0 Å². The Morgan fingerprint density at radius 1 is 1.29 bits per heavy atom. The number of amides is 1. The monoisotopic (exact) mass is 289 g/mol. The summed E-state index contributed by atoms with van der Waals surface area (Å²) >= 11 is 0. The van der Waals surface area contributed by atoms with Gasteiger partial charge in [-0.15, -0.1) is 0 Å². The molecule has 0 aliphatic carbocycles. The average Bonchev–Trinajstić information content (AvgIpc) is 3.04.